The summed E-state index contributed by atoms with van der Waals surface area (Å²) in [6.45, 7) is 4.45. The van der Waals surface area contributed by atoms with Crippen molar-refractivity contribution in [2.45, 2.75) is 13.8 Å². The molecule has 0 spiro atoms. The van der Waals surface area contributed by atoms with Gasteiger partial charge in [-0.05, 0) is 34.0 Å². The summed E-state index contributed by atoms with van der Waals surface area (Å²) in [6.07, 6.45) is 0. The molecule has 0 heterocycles. The van der Waals surface area contributed by atoms with Crippen LogP contribution in [0.5, 0.6) is 0 Å². The van der Waals surface area contributed by atoms with Crippen molar-refractivity contribution in [3.05, 3.63) is 34.3 Å². The van der Waals surface area contributed by atoms with E-state index in [1.807, 2.05) is 18.2 Å². The Balaban J connectivity index is 3.04. The fraction of sp³-hybridized carbons (Fsp3) is 0.333. The summed E-state index contributed by atoms with van der Waals surface area (Å²) in [5.74, 6) is 2.68. The van der Waals surface area contributed by atoms with Crippen molar-refractivity contribution >= 4 is 26.0 Å². The van der Waals surface area contributed by atoms with Crippen LogP contribution in [0.2, 0.25) is 0 Å². The van der Waals surface area contributed by atoms with Crippen LogP contribution in [0.1, 0.15) is 19.4 Å². The van der Waals surface area contributed by atoms with Crippen LogP contribution in [0.4, 0.5) is 0 Å². The molecule has 1 aromatic rings. The van der Waals surface area contributed by atoms with Crippen molar-refractivity contribution in [3.63, 3.8) is 0 Å². The Hall–Kier alpha value is -0.830. The van der Waals surface area contributed by atoms with Crippen molar-refractivity contribution in [3.8, 4) is 11.2 Å². The Bertz CT molecular complexity index is 539. The second-order valence-corrected chi connectivity index (χ2v) is 5.82. The zero-order chi connectivity index (χ0) is 12.9. The fourth-order valence-electron chi connectivity index (χ4n) is 1.31. The molecule has 0 atom stereocenters. The van der Waals surface area contributed by atoms with Gasteiger partial charge in [0.25, 0.3) is 10.0 Å². The summed E-state index contributed by atoms with van der Waals surface area (Å²) in [5, 5.41) is 2.34. The summed E-state index contributed by atoms with van der Waals surface area (Å²) < 4.78 is 25.8. The van der Waals surface area contributed by atoms with E-state index in [2.05, 4.69) is 27.1 Å². The highest BCUT2D eigenvalue weighted by atomic mass is 79.9. The highest BCUT2D eigenvalue weighted by Crippen LogP contribution is 2.14. The fourth-order valence-corrected chi connectivity index (χ4v) is 2.74. The Morgan fingerprint density at radius 3 is 2.35 bits per heavy atom. The molecule has 0 saturated carbocycles. The average molecular weight is 316 g/mol. The highest BCUT2D eigenvalue weighted by molar-refractivity contribution is 9.10. The van der Waals surface area contributed by atoms with Crippen LogP contribution in [-0.2, 0) is 10.0 Å². The standard InChI is InChI=1S/C12H14BrNO2S/c1-3-14(4-2)17(15,16)10-9-11-7-5-6-8-12(11)13/h5-8H,3-4H2,1-2H3. The molecule has 92 valence electrons. The number of sulfonamides is 1. The van der Waals surface area contributed by atoms with Gasteiger partial charge in [0.2, 0.25) is 0 Å². The number of rotatable bonds is 3. The molecule has 1 rings (SSSR count). The van der Waals surface area contributed by atoms with E-state index in [0.29, 0.717) is 18.7 Å². The maximum absolute atomic E-state index is 11.8. The Kier molecular flexibility index (Phi) is 5.19. The van der Waals surface area contributed by atoms with E-state index in [1.165, 1.54) is 4.31 Å². The smallest absolute Gasteiger partial charge is 0.198 e. The van der Waals surface area contributed by atoms with E-state index in [1.54, 1.807) is 19.9 Å². The maximum Gasteiger partial charge on any atom is 0.283 e. The van der Waals surface area contributed by atoms with Gasteiger partial charge in [-0.25, -0.2) is 0 Å². The molecule has 0 amide bonds. The van der Waals surface area contributed by atoms with Crippen LogP contribution in [0, 0.1) is 11.2 Å². The van der Waals surface area contributed by atoms with Crippen molar-refractivity contribution in [1.82, 2.24) is 4.31 Å². The average Bonchev–Trinajstić information content (AvgIpc) is 2.29. The summed E-state index contributed by atoms with van der Waals surface area (Å²) >= 11 is 3.32. The summed E-state index contributed by atoms with van der Waals surface area (Å²) in [4.78, 5) is 0. The van der Waals surface area contributed by atoms with Gasteiger partial charge in [0.05, 0.1) is 0 Å². The molecule has 0 aliphatic rings. The third-order valence-electron chi connectivity index (χ3n) is 2.23. The molecular formula is C12H14BrNO2S. The minimum atomic E-state index is -3.49. The van der Waals surface area contributed by atoms with Gasteiger partial charge in [-0.2, -0.15) is 12.7 Å². The maximum atomic E-state index is 11.8. The van der Waals surface area contributed by atoms with Gasteiger partial charge in [0.15, 0.2) is 0 Å². The number of halogens is 1. The number of nitrogens with zero attached hydrogens (tertiary/aromatic N) is 1. The minimum Gasteiger partial charge on any atom is -0.198 e. The van der Waals surface area contributed by atoms with E-state index in [4.69, 9.17) is 0 Å². The number of benzene rings is 1. The SMILES string of the molecule is CCN(CC)S(=O)(=O)C#Cc1ccccc1Br. The zero-order valence-corrected chi connectivity index (χ0v) is 12.2. The predicted molar refractivity (Wildman–Crippen MR) is 72.9 cm³/mol. The minimum absolute atomic E-state index is 0.434. The van der Waals surface area contributed by atoms with Crippen LogP contribution in [0.3, 0.4) is 0 Å². The van der Waals surface area contributed by atoms with Gasteiger partial charge in [0.1, 0.15) is 0 Å². The third-order valence-corrected chi connectivity index (χ3v) is 4.48. The quantitative estimate of drug-likeness (QED) is 0.803. The predicted octanol–water partition coefficient (Wildman–Crippen LogP) is 2.43. The summed E-state index contributed by atoms with van der Waals surface area (Å²) in [6, 6.07) is 7.27. The molecule has 0 aromatic heterocycles. The van der Waals surface area contributed by atoms with Gasteiger partial charge in [-0.15, -0.1) is 0 Å². The topological polar surface area (TPSA) is 37.4 Å². The van der Waals surface area contributed by atoms with E-state index in [9.17, 15) is 8.42 Å². The second kappa shape index (κ2) is 6.20. The van der Waals surface area contributed by atoms with Crippen molar-refractivity contribution in [2.24, 2.45) is 0 Å². The van der Waals surface area contributed by atoms with Crippen molar-refractivity contribution in [1.29, 1.82) is 0 Å². The Labute approximate surface area is 111 Å². The normalized spacial score (nSPS) is 11.1. The molecule has 0 radical (unpaired) electrons. The van der Waals surface area contributed by atoms with Gasteiger partial charge in [-0.3, -0.25) is 0 Å². The number of hydrogen-bond donors (Lipinski definition) is 0. The molecule has 3 nitrogen and oxygen atoms in total. The monoisotopic (exact) mass is 315 g/mol. The molecule has 0 aliphatic heterocycles. The lowest BCUT2D eigenvalue weighted by Crippen LogP contribution is -2.29. The van der Waals surface area contributed by atoms with Gasteiger partial charge >= 0.3 is 0 Å². The van der Waals surface area contributed by atoms with Crippen LogP contribution in [-0.4, -0.2) is 25.8 Å². The molecular weight excluding hydrogens is 302 g/mol. The second-order valence-electron chi connectivity index (χ2n) is 3.30. The zero-order valence-electron chi connectivity index (χ0n) is 9.77. The first-order valence-electron chi connectivity index (χ1n) is 5.28. The Morgan fingerprint density at radius 2 is 1.82 bits per heavy atom. The van der Waals surface area contributed by atoms with E-state index >= 15 is 0 Å². The first-order chi connectivity index (χ1) is 8.01. The molecule has 0 aliphatic carbocycles. The Morgan fingerprint density at radius 1 is 1.24 bits per heavy atom. The lowest BCUT2D eigenvalue weighted by molar-refractivity contribution is 0.454. The molecule has 0 fully saturated rings. The van der Waals surface area contributed by atoms with Crippen molar-refractivity contribution in [2.75, 3.05) is 13.1 Å². The third kappa shape index (κ3) is 3.84. The van der Waals surface area contributed by atoms with E-state index in [-0.39, 0.29) is 0 Å². The molecule has 0 unspecified atom stereocenters. The molecule has 0 bridgehead atoms. The molecule has 17 heavy (non-hydrogen) atoms. The van der Waals surface area contributed by atoms with Gasteiger partial charge in [-0.1, -0.05) is 26.0 Å². The summed E-state index contributed by atoms with van der Waals surface area (Å²) in [5.41, 5.74) is 0.670. The number of hydrogen-bond acceptors (Lipinski definition) is 2. The molecule has 5 heteroatoms. The van der Waals surface area contributed by atoms with Crippen LogP contribution < -0.4 is 0 Å². The van der Waals surface area contributed by atoms with Crippen LogP contribution >= 0.6 is 15.9 Å². The molecule has 0 saturated heterocycles. The van der Waals surface area contributed by atoms with Crippen LogP contribution in [0.15, 0.2) is 28.7 Å². The van der Waals surface area contributed by atoms with Gasteiger partial charge < -0.3 is 0 Å². The van der Waals surface area contributed by atoms with E-state index in [0.717, 1.165) is 4.47 Å². The van der Waals surface area contributed by atoms with Crippen LogP contribution in [0.25, 0.3) is 0 Å². The van der Waals surface area contributed by atoms with E-state index < -0.39 is 10.0 Å². The first-order valence-corrected chi connectivity index (χ1v) is 7.52. The molecule has 0 N–H and O–H groups in total. The lowest BCUT2D eigenvalue weighted by Gasteiger charge is -2.13. The largest absolute Gasteiger partial charge is 0.283 e. The lowest BCUT2D eigenvalue weighted by atomic mass is 10.2. The van der Waals surface area contributed by atoms with Crippen molar-refractivity contribution < 1.29 is 8.42 Å². The van der Waals surface area contributed by atoms with Gasteiger partial charge in [0, 0.05) is 28.4 Å². The highest BCUT2D eigenvalue weighted by Gasteiger charge is 2.14. The summed E-state index contributed by atoms with van der Waals surface area (Å²) in [7, 11) is -3.49. The first kappa shape index (κ1) is 14.2. The molecule has 1 aromatic carbocycles.